The molecule has 0 aliphatic carbocycles. The van der Waals surface area contributed by atoms with E-state index < -0.39 is 10.0 Å². The lowest BCUT2D eigenvalue weighted by molar-refractivity contribution is -0.121. The highest BCUT2D eigenvalue weighted by atomic mass is 32.2. The van der Waals surface area contributed by atoms with Crippen LogP contribution in [-0.4, -0.2) is 53.5 Å². The molecule has 0 radical (unpaired) electrons. The summed E-state index contributed by atoms with van der Waals surface area (Å²) in [6.45, 7) is 2.57. The first-order chi connectivity index (χ1) is 10.0. The molecular formula is C13H20N4O3S. The fourth-order valence-corrected chi connectivity index (χ4v) is 3.46. The summed E-state index contributed by atoms with van der Waals surface area (Å²) in [7, 11) is -3.12. The molecule has 0 unspecified atom stereocenters. The molecule has 1 saturated heterocycles. The molecular weight excluding hydrogens is 292 g/mol. The molecule has 21 heavy (non-hydrogen) atoms. The summed E-state index contributed by atoms with van der Waals surface area (Å²) >= 11 is 0. The second-order valence-electron chi connectivity index (χ2n) is 5.01. The van der Waals surface area contributed by atoms with Crippen LogP contribution < -0.4 is 5.32 Å². The van der Waals surface area contributed by atoms with Crippen LogP contribution in [0.2, 0.25) is 0 Å². The van der Waals surface area contributed by atoms with Gasteiger partial charge in [-0.3, -0.25) is 14.8 Å². The van der Waals surface area contributed by atoms with E-state index in [0.29, 0.717) is 31.6 Å². The van der Waals surface area contributed by atoms with Gasteiger partial charge in [-0.05, 0) is 19.8 Å². The Morgan fingerprint density at radius 1 is 1.38 bits per heavy atom. The third-order valence-corrected chi connectivity index (χ3v) is 5.42. The van der Waals surface area contributed by atoms with Crippen LogP contribution in [0.4, 0.5) is 0 Å². The number of hydrogen-bond donors (Lipinski definition) is 1. The van der Waals surface area contributed by atoms with Gasteiger partial charge < -0.3 is 5.32 Å². The van der Waals surface area contributed by atoms with E-state index >= 15 is 0 Å². The number of sulfonamides is 1. The van der Waals surface area contributed by atoms with Crippen LogP contribution in [0.3, 0.4) is 0 Å². The molecule has 8 heteroatoms. The Bertz CT molecular complexity index is 568. The Hall–Kier alpha value is -1.54. The lowest BCUT2D eigenvalue weighted by atomic mass is 10.1. The maximum atomic E-state index is 11.9. The van der Waals surface area contributed by atoms with Crippen LogP contribution in [0.25, 0.3) is 0 Å². The minimum atomic E-state index is -3.12. The lowest BCUT2D eigenvalue weighted by Crippen LogP contribution is -2.47. The second-order valence-corrected chi connectivity index (χ2v) is 7.27. The predicted molar refractivity (Wildman–Crippen MR) is 77.9 cm³/mol. The van der Waals surface area contributed by atoms with E-state index in [1.807, 2.05) is 0 Å². The number of nitrogens with zero attached hydrogens (tertiary/aromatic N) is 3. The van der Waals surface area contributed by atoms with Gasteiger partial charge in [0.1, 0.15) is 0 Å². The summed E-state index contributed by atoms with van der Waals surface area (Å²) in [6, 6.07) is 0.0254. The molecule has 116 valence electrons. The molecule has 2 rings (SSSR count). The Morgan fingerprint density at radius 3 is 2.67 bits per heavy atom. The van der Waals surface area contributed by atoms with E-state index in [4.69, 9.17) is 0 Å². The zero-order valence-electron chi connectivity index (χ0n) is 12.0. The molecule has 0 saturated carbocycles. The number of carbonyl (C=O) groups excluding carboxylic acids is 1. The first-order valence-corrected chi connectivity index (χ1v) is 8.64. The van der Waals surface area contributed by atoms with Gasteiger partial charge in [0.25, 0.3) is 0 Å². The van der Waals surface area contributed by atoms with Gasteiger partial charge in [0, 0.05) is 37.7 Å². The third kappa shape index (κ3) is 4.47. The summed E-state index contributed by atoms with van der Waals surface area (Å²) in [5, 5.41) is 2.93. The van der Waals surface area contributed by atoms with Crippen LogP contribution in [0.5, 0.6) is 0 Å². The molecule has 1 aromatic heterocycles. The Morgan fingerprint density at radius 2 is 2.10 bits per heavy atom. The molecule has 1 aliphatic heterocycles. The first-order valence-electron chi connectivity index (χ1n) is 7.03. The Labute approximate surface area is 124 Å². The predicted octanol–water partition coefficient (Wildman–Crippen LogP) is -0.0506. The normalized spacial score (nSPS) is 17.6. The van der Waals surface area contributed by atoms with Crippen molar-refractivity contribution in [2.45, 2.75) is 32.2 Å². The zero-order chi connectivity index (χ0) is 15.3. The van der Waals surface area contributed by atoms with Gasteiger partial charge in [0.15, 0.2) is 0 Å². The minimum absolute atomic E-state index is 0.0254. The van der Waals surface area contributed by atoms with Crippen LogP contribution in [0.15, 0.2) is 18.6 Å². The average Bonchev–Trinajstić information content (AvgIpc) is 2.48. The van der Waals surface area contributed by atoms with E-state index in [2.05, 4.69) is 15.3 Å². The highest BCUT2D eigenvalue weighted by molar-refractivity contribution is 7.89. The molecule has 0 atom stereocenters. The second kappa shape index (κ2) is 6.95. The van der Waals surface area contributed by atoms with E-state index in [-0.39, 0.29) is 24.1 Å². The topological polar surface area (TPSA) is 92.3 Å². The van der Waals surface area contributed by atoms with Crippen molar-refractivity contribution in [3.8, 4) is 0 Å². The van der Waals surface area contributed by atoms with Gasteiger partial charge in [-0.2, -0.15) is 0 Å². The fraction of sp³-hybridized carbons (Fsp3) is 0.615. The van der Waals surface area contributed by atoms with Crippen molar-refractivity contribution in [1.29, 1.82) is 0 Å². The van der Waals surface area contributed by atoms with Gasteiger partial charge in [-0.15, -0.1) is 0 Å². The average molecular weight is 312 g/mol. The number of amides is 1. The molecule has 1 aliphatic rings. The number of piperidine rings is 1. The largest absolute Gasteiger partial charge is 0.353 e. The highest BCUT2D eigenvalue weighted by Gasteiger charge is 2.27. The quantitative estimate of drug-likeness (QED) is 0.823. The standard InChI is InChI=1S/C13H20N4O3S/c1-2-21(19,20)17-7-3-11(4-8-17)16-13(18)9-12-10-14-5-6-15-12/h5-6,10-11H,2-4,7-9H2,1H3,(H,16,18). The van der Waals surface area contributed by atoms with Gasteiger partial charge in [0.05, 0.1) is 17.9 Å². The maximum absolute atomic E-state index is 11.9. The van der Waals surface area contributed by atoms with Crippen molar-refractivity contribution in [1.82, 2.24) is 19.6 Å². The summed E-state index contributed by atoms with van der Waals surface area (Å²) in [5.41, 5.74) is 0.626. The van der Waals surface area contributed by atoms with Crippen molar-refractivity contribution in [3.63, 3.8) is 0 Å². The van der Waals surface area contributed by atoms with Gasteiger partial charge in [-0.25, -0.2) is 12.7 Å². The van der Waals surface area contributed by atoms with E-state index in [9.17, 15) is 13.2 Å². The van der Waals surface area contributed by atoms with Crippen molar-refractivity contribution in [3.05, 3.63) is 24.3 Å². The van der Waals surface area contributed by atoms with Crippen LogP contribution in [0.1, 0.15) is 25.5 Å². The molecule has 1 fully saturated rings. The molecule has 0 bridgehead atoms. The summed E-state index contributed by atoms with van der Waals surface area (Å²) in [4.78, 5) is 19.9. The molecule has 1 N–H and O–H groups in total. The van der Waals surface area contributed by atoms with E-state index in [1.54, 1.807) is 25.5 Å². The van der Waals surface area contributed by atoms with Gasteiger partial charge in [0.2, 0.25) is 15.9 Å². The molecule has 1 amide bonds. The van der Waals surface area contributed by atoms with Gasteiger partial charge >= 0.3 is 0 Å². The van der Waals surface area contributed by atoms with E-state index in [0.717, 1.165) is 0 Å². The third-order valence-electron chi connectivity index (χ3n) is 3.54. The minimum Gasteiger partial charge on any atom is -0.353 e. The summed E-state index contributed by atoms with van der Waals surface area (Å²) in [5.74, 6) is 0.0174. The van der Waals surface area contributed by atoms with Gasteiger partial charge in [-0.1, -0.05) is 0 Å². The number of hydrogen-bond acceptors (Lipinski definition) is 5. The SMILES string of the molecule is CCS(=O)(=O)N1CCC(NC(=O)Cc2cnccn2)CC1. The first kappa shape index (κ1) is 15.8. The summed E-state index contributed by atoms with van der Waals surface area (Å²) in [6.07, 6.45) is 6.16. The monoisotopic (exact) mass is 312 g/mol. The zero-order valence-corrected chi connectivity index (χ0v) is 12.8. The number of nitrogens with one attached hydrogen (secondary N) is 1. The van der Waals surface area contributed by atoms with Crippen LogP contribution in [0, 0.1) is 0 Å². The molecule has 1 aromatic rings. The van der Waals surface area contributed by atoms with Crippen molar-refractivity contribution >= 4 is 15.9 Å². The molecule has 0 spiro atoms. The molecule has 2 heterocycles. The lowest BCUT2D eigenvalue weighted by Gasteiger charge is -2.31. The fourth-order valence-electron chi connectivity index (χ4n) is 2.33. The van der Waals surface area contributed by atoms with Crippen molar-refractivity contribution < 1.29 is 13.2 Å². The number of aromatic nitrogens is 2. The number of carbonyl (C=O) groups is 1. The van der Waals surface area contributed by atoms with Crippen molar-refractivity contribution in [2.24, 2.45) is 0 Å². The summed E-state index contributed by atoms with van der Waals surface area (Å²) < 4.78 is 25.0. The smallest absolute Gasteiger partial charge is 0.226 e. The van der Waals surface area contributed by atoms with Crippen molar-refractivity contribution in [2.75, 3.05) is 18.8 Å². The Balaban J connectivity index is 1.80. The highest BCUT2D eigenvalue weighted by Crippen LogP contribution is 2.14. The Kier molecular flexibility index (Phi) is 5.24. The number of rotatable bonds is 5. The van der Waals surface area contributed by atoms with Crippen LogP contribution in [-0.2, 0) is 21.2 Å². The van der Waals surface area contributed by atoms with Crippen LogP contribution >= 0.6 is 0 Å². The maximum Gasteiger partial charge on any atom is 0.226 e. The molecule has 0 aromatic carbocycles. The van der Waals surface area contributed by atoms with E-state index in [1.165, 1.54) is 4.31 Å². The molecule has 7 nitrogen and oxygen atoms in total.